The maximum absolute atomic E-state index is 13.2. The van der Waals surface area contributed by atoms with E-state index in [0.717, 1.165) is 18.8 Å². The predicted octanol–water partition coefficient (Wildman–Crippen LogP) is 2.86. The van der Waals surface area contributed by atoms with Crippen LogP contribution in [0, 0.1) is 5.92 Å². The fraction of sp³-hybridized carbons (Fsp3) is 0.450. The molecule has 1 aromatic carbocycles. The van der Waals surface area contributed by atoms with Gasteiger partial charge in [-0.1, -0.05) is 6.07 Å². The molecule has 10 heteroatoms. The van der Waals surface area contributed by atoms with Crippen molar-refractivity contribution in [1.82, 2.24) is 14.9 Å². The number of amides is 1. The van der Waals surface area contributed by atoms with E-state index in [-0.39, 0.29) is 17.9 Å². The second kappa shape index (κ2) is 7.66. The molecule has 1 amide bonds. The lowest BCUT2D eigenvalue weighted by Crippen LogP contribution is -2.65. The Morgan fingerprint density at radius 1 is 1.10 bits per heavy atom. The van der Waals surface area contributed by atoms with Gasteiger partial charge in [-0.2, -0.15) is 13.2 Å². The maximum Gasteiger partial charge on any atom is 0.419 e. The number of methoxy groups -OCH3 is 2. The van der Waals surface area contributed by atoms with E-state index in [9.17, 15) is 18.0 Å². The molecule has 2 aromatic rings. The Balaban J connectivity index is 1.52. The number of ether oxygens (including phenoxy) is 2. The number of hydrogen-bond acceptors (Lipinski definition) is 6. The van der Waals surface area contributed by atoms with Crippen LogP contribution in [0.15, 0.2) is 30.6 Å². The number of rotatable bonds is 4. The molecule has 2 atom stereocenters. The Morgan fingerprint density at radius 2 is 1.73 bits per heavy atom. The SMILES string of the molecule is COc1cccc(OC)c1C(=O)N1CCC2CN(c3ncc(C(F)(F)F)cn3)C2C1. The molecule has 0 N–H and O–H groups in total. The van der Waals surface area contributed by atoms with E-state index in [1.54, 1.807) is 23.1 Å². The van der Waals surface area contributed by atoms with Crippen molar-refractivity contribution in [2.75, 3.05) is 38.8 Å². The molecule has 0 saturated carbocycles. The summed E-state index contributed by atoms with van der Waals surface area (Å²) in [6.45, 7) is 1.67. The Labute approximate surface area is 171 Å². The molecule has 0 radical (unpaired) electrons. The molecular formula is C20H21F3N4O3. The van der Waals surface area contributed by atoms with Gasteiger partial charge < -0.3 is 19.3 Å². The molecule has 0 aliphatic carbocycles. The number of carbonyl (C=O) groups excluding carboxylic acids is 1. The Morgan fingerprint density at radius 3 is 2.30 bits per heavy atom. The first kappa shape index (κ1) is 20.2. The number of likely N-dealkylation sites (tertiary alicyclic amines) is 1. The summed E-state index contributed by atoms with van der Waals surface area (Å²) in [6, 6.07) is 5.11. The zero-order chi connectivity index (χ0) is 21.5. The van der Waals surface area contributed by atoms with Crippen molar-refractivity contribution in [3.05, 3.63) is 41.7 Å². The van der Waals surface area contributed by atoms with Gasteiger partial charge in [-0.15, -0.1) is 0 Å². The third-order valence-corrected chi connectivity index (χ3v) is 5.70. The third kappa shape index (κ3) is 3.50. The highest BCUT2D eigenvalue weighted by atomic mass is 19.4. The lowest BCUT2D eigenvalue weighted by Gasteiger charge is -2.53. The van der Waals surface area contributed by atoms with E-state index >= 15 is 0 Å². The summed E-state index contributed by atoms with van der Waals surface area (Å²) in [5, 5.41) is 0. The third-order valence-electron chi connectivity index (χ3n) is 5.70. The van der Waals surface area contributed by atoms with Gasteiger partial charge in [0.05, 0.1) is 25.8 Å². The van der Waals surface area contributed by atoms with E-state index in [2.05, 4.69) is 9.97 Å². The normalized spacial score (nSPS) is 21.0. The number of benzene rings is 1. The van der Waals surface area contributed by atoms with E-state index < -0.39 is 11.7 Å². The van der Waals surface area contributed by atoms with Crippen molar-refractivity contribution < 1.29 is 27.4 Å². The molecule has 2 aliphatic rings. The molecule has 2 aliphatic heterocycles. The average molecular weight is 422 g/mol. The number of nitrogens with zero attached hydrogens (tertiary/aromatic N) is 4. The molecular weight excluding hydrogens is 401 g/mol. The van der Waals surface area contributed by atoms with Crippen LogP contribution in [0.2, 0.25) is 0 Å². The maximum atomic E-state index is 13.2. The number of aromatic nitrogens is 2. The Kier molecular flexibility index (Phi) is 5.17. The van der Waals surface area contributed by atoms with Crippen molar-refractivity contribution in [2.45, 2.75) is 18.6 Å². The van der Waals surface area contributed by atoms with Crippen LogP contribution < -0.4 is 14.4 Å². The van der Waals surface area contributed by atoms with Crippen LogP contribution >= 0.6 is 0 Å². The second-order valence-electron chi connectivity index (χ2n) is 7.33. The molecule has 160 valence electrons. The molecule has 4 rings (SSSR count). The van der Waals surface area contributed by atoms with Crippen LogP contribution in [0.1, 0.15) is 22.3 Å². The highest BCUT2D eigenvalue weighted by Gasteiger charge is 2.45. The van der Waals surface area contributed by atoms with Gasteiger partial charge in [0, 0.05) is 37.9 Å². The van der Waals surface area contributed by atoms with Crippen molar-refractivity contribution in [3.8, 4) is 11.5 Å². The quantitative estimate of drug-likeness (QED) is 0.755. The molecule has 2 fully saturated rings. The number of carbonyl (C=O) groups is 1. The molecule has 3 heterocycles. The molecule has 1 aromatic heterocycles. The van der Waals surface area contributed by atoms with Crippen LogP contribution in [0.25, 0.3) is 0 Å². The van der Waals surface area contributed by atoms with Crippen molar-refractivity contribution >= 4 is 11.9 Å². The summed E-state index contributed by atoms with van der Waals surface area (Å²) in [6.07, 6.45) is -2.09. The number of piperidine rings is 1. The van der Waals surface area contributed by atoms with Gasteiger partial charge in [0.1, 0.15) is 17.1 Å². The van der Waals surface area contributed by atoms with Crippen molar-refractivity contribution in [1.29, 1.82) is 0 Å². The molecule has 7 nitrogen and oxygen atoms in total. The van der Waals surface area contributed by atoms with Crippen LogP contribution in [0.5, 0.6) is 11.5 Å². The lowest BCUT2D eigenvalue weighted by atomic mass is 9.82. The Bertz CT molecular complexity index is 914. The minimum atomic E-state index is -4.47. The molecule has 0 bridgehead atoms. The van der Waals surface area contributed by atoms with Gasteiger partial charge in [0.25, 0.3) is 5.91 Å². The number of alkyl halides is 3. The summed E-state index contributed by atoms with van der Waals surface area (Å²) in [7, 11) is 2.99. The summed E-state index contributed by atoms with van der Waals surface area (Å²) < 4.78 is 48.9. The number of anilines is 1. The number of halogens is 3. The molecule has 2 saturated heterocycles. The zero-order valence-electron chi connectivity index (χ0n) is 16.5. The fourth-order valence-corrected chi connectivity index (χ4v) is 4.05. The molecule has 0 spiro atoms. The van der Waals surface area contributed by atoms with Crippen LogP contribution in [0.3, 0.4) is 0 Å². The smallest absolute Gasteiger partial charge is 0.419 e. The first-order valence-corrected chi connectivity index (χ1v) is 9.49. The Hall–Kier alpha value is -3.04. The monoisotopic (exact) mass is 422 g/mol. The van der Waals surface area contributed by atoms with Gasteiger partial charge in [0.15, 0.2) is 0 Å². The summed E-state index contributed by atoms with van der Waals surface area (Å²) in [4.78, 5) is 24.6. The van der Waals surface area contributed by atoms with E-state index in [0.29, 0.717) is 42.6 Å². The van der Waals surface area contributed by atoms with E-state index in [4.69, 9.17) is 9.47 Å². The first-order chi connectivity index (χ1) is 14.3. The van der Waals surface area contributed by atoms with Gasteiger partial charge in [-0.25, -0.2) is 9.97 Å². The van der Waals surface area contributed by atoms with Gasteiger partial charge in [0.2, 0.25) is 5.95 Å². The predicted molar refractivity (Wildman–Crippen MR) is 102 cm³/mol. The molecule has 30 heavy (non-hydrogen) atoms. The molecule has 2 unspecified atom stereocenters. The zero-order valence-corrected chi connectivity index (χ0v) is 16.5. The van der Waals surface area contributed by atoms with Crippen LogP contribution in [0.4, 0.5) is 19.1 Å². The lowest BCUT2D eigenvalue weighted by molar-refractivity contribution is -0.138. The highest BCUT2D eigenvalue weighted by molar-refractivity contribution is 5.99. The fourth-order valence-electron chi connectivity index (χ4n) is 4.05. The second-order valence-corrected chi connectivity index (χ2v) is 7.33. The first-order valence-electron chi connectivity index (χ1n) is 9.49. The summed E-state index contributed by atoms with van der Waals surface area (Å²) in [5.41, 5.74) is -0.523. The standard InChI is InChI=1S/C20H21F3N4O3/c1-29-15-4-3-5-16(30-2)17(15)18(28)26-7-6-12-10-27(14(12)11-26)19-24-8-13(9-25-19)20(21,22)23/h3-5,8-9,12,14H,6-7,10-11H2,1-2H3. The van der Waals surface area contributed by atoms with E-state index in [1.807, 2.05) is 4.90 Å². The average Bonchev–Trinajstić information content (AvgIpc) is 2.73. The van der Waals surface area contributed by atoms with E-state index in [1.165, 1.54) is 14.2 Å². The van der Waals surface area contributed by atoms with Crippen molar-refractivity contribution in [2.24, 2.45) is 5.92 Å². The topological polar surface area (TPSA) is 67.8 Å². The van der Waals surface area contributed by atoms with Gasteiger partial charge in [-0.3, -0.25) is 4.79 Å². The largest absolute Gasteiger partial charge is 0.496 e. The van der Waals surface area contributed by atoms with Crippen LogP contribution in [-0.2, 0) is 6.18 Å². The highest BCUT2D eigenvalue weighted by Crippen LogP contribution is 2.37. The van der Waals surface area contributed by atoms with Gasteiger partial charge >= 0.3 is 6.18 Å². The number of fused-ring (bicyclic) bond motifs is 1. The summed E-state index contributed by atoms with van der Waals surface area (Å²) >= 11 is 0. The summed E-state index contributed by atoms with van der Waals surface area (Å²) in [5.74, 6) is 1.24. The number of hydrogen-bond donors (Lipinski definition) is 0. The van der Waals surface area contributed by atoms with Gasteiger partial charge in [-0.05, 0) is 18.6 Å². The minimum Gasteiger partial charge on any atom is -0.496 e. The van der Waals surface area contributed by atoms with Crippen LogP contribution in [-0.4, -0.2) is 60.7 Å². The van der Waals surface area contributed by atoms with Crippen molar-refractivity contribution in [3.63, 3.8) is 0 Å². The minimum absolute atomic E-state index is 0.0415.